The van der Waals surface area contributed by atoms with Gasteiger partial charge in [-0.15, -0.1) is 0 Å². The highest BCUT2D eigenvalue weighted by atomic mass is 19.4. The predicted octanol–water partition coefficient (Wildman–Crippen LogP) is 6.38. The second-order valence-corrected chi connectivity index (χ2v) is 9.34. The monoisotopic (exact) mass is 535 g/mol. The molecule has 1 amide bonds. The molecule has 4 aromatic rings. The van der Waals surface area contributed by atoms with E-state index in [0.717, 1.165) is 29.5 Å². The molecule has 1 atom stereocenters. The normalized spacial score (nSPS) is 12.3. The van der Waals surface area contributed by atoms with Crippen molar-refractivity contribution in [1.82, 2.24) is 14.9 Å². The van der Waals surface area contributed by atoms with Crippen molar-refractivity contribution in [2.24, 2.45) is 5.92 Å². The second-order valence-electron chi connectivity index (χ2n) is 9.34. The van der Waals surface area contributed by atoms with Crippen molar-refractivity contribution in [2.45, 2.75) is 32.4 Å². The lowest BCUT2D eigenvalue weighted by molar-refractivity contribution is -0.123. The molecule has 2 N–H and O–H groups in total. The number of nitrogens with one attached hydrogen (secondary N) is 1. The number of halogens is 3. The fraction of sp³-hybridized carbons (Fsp3) is 0.233. The fourth-order valence-electron chi connectivity index (χ4n) is 4.48. The highest BCUT2D eigenvalue weighted by Gasteiger charge is 2.29. The van der Waals surface area contributed by atoms with Crippen LogP contribution in [0, 0.1) is 5.92 Å². The lowest BCUT2D eigenvalue weighted by Gasteiger charge is -2.16. The third-order valence-corrected chi connectivity index (χ3v) is 6.46. The van der Waals surface area contributed by atoms with Gasteiger partial charge in [0.05, 0.1) is 11.1 Å². The maximum Gasteiger partial charge on any atom is 0.405 e. The Balaban J connectivity index is 1.70. The van der Waals surface area contributed by atoms with E-state index in [1.165, 1.54) is 29.1 Å². The summed E-state index contributed by atoms with van der Waals surface area (Å²) in [7, 11) is 0. The summed E-state index contributed by atoms with van der Waals surface area (Å²) in [6.07, 6.45) is 0.571. The van der Waals surface area contributed by atoms with Crippen LogP contribution in [0.3, 0.4) is 0 Å². The van der Waals surface area contributed by atoms with Crippen molar-refractivity contribution < 1.29 is 23.1 Å². The van der Waals surface area contributed by atoms with Crippen LogP contribution in [-0.4, -0.2) is 33.3 Å². The van der Waals surface area contributed by atoms with Crippen LogP contribution in [0.5, 0.6) is 0 Å². The van der Waals surface area contributed by atoms with Crippen LogP contribution >= 0.6 is 0 Å². The number of hydrogen-bond acceptors (Lipinski definition) is 4. The molecule has 0 radical (unpaired) electrons. The summed E-state index contributed by atoms with van der Waals surface area (Å²) in [5, 5.41) is 11.8. The largest absolute Gasteiger partial charge is 0.513 e. The molecule has 6 nitrogen and oxygen atoms in total. The number of aliphatic hydroxyl groups excluding tert-OH is 1. The number of allylic oxidation sites excluding steroid dienone is 1. The number of fused-ring (bicyclic) bond motifs is 1. The van der Waals surface area contributed by atoms with Crippen molar-refractivity contribution >= 4 is 16.9 Å². The van der Waals surface area contributed by atoms with Crippen LogP contribution < -0.4 is 10.7 Å². The molecule has 2 aromatic carbocycles. The number of alkyl halides is 3. The molecular weight excluding hydrogens is 507 g/mol. The van der Waals surface area contributed by atoms with Crippen LogP contribution in [0.25, 0.3) is 27.8 Å². The number of carbonyl (C=O) groups excluding carboxylic acids is 1. The third kappa shape index (κ3) is 6.54. The minimum Gasteiger partial charge on any atom is -0.513 e. The van der Waals surface area contributed by atoms with E-state index in [2.05, 4.69) is 18.5 Å². The summed E-state index contributed by atoms with van der Waals surface area (Å²) in [6.45, 7) is 4.21. The van der Waals surface area contributed by atoms with Crippen LogP contribution in [0.2, 0.25) is 0 Å². The van der Waals surface area contributed by atoms with Crippen molar-refractivity contribution in [3.63, 3.8) is 0 Å². The van der Waals surface area contributed by atoms with E-state index >= 15 is 0 Å². The lowest BCUT2D eigenvalue weighted by atomic mass is 9.92. The molecule has 0 spiro atoms. The Morgan fingerprint density at radius 1 is 1.10 bits per heavy atom. The standard InChI is InChI=1S/C30H28F3N3O3/c1-3-6-22(19(2)37)15-20-10-12-21(13-11-20)23-7-4-8-24(16-23)36-17-26(29(39)35-18-30(31,32)33)27(38)25-9-5-14-34-28(25)36/h4-5,7-14,16-17,22,37H,2-3,6,15,18H2,1H3,(H,35,39). The van der Waals surface area contributed by atoms with Crippen LogP contribution in [0.15, 0.2) is 90.2 Å². The van der Waals surface area contributed by atoms with E-state index in [-0.39, 0.29) is 22.7 Å². The maximum atomic E-state index is 12.9. The highest BCUT2D eigenvalue weighted by Crippen LogP contribution is 2.26. The van der Waals surface area contributed by atoms with Gasteiger partial charge in [0.15, 0.2) is 0 Å². The van der Waals surface area contributed by atoms with Crippen molar-refractivity contribution in [1.29, 1.82) is 0 Å². The first kappa shape index (κ1) is 27.6. The topological polar surface area (TPSA) is 84.2 Å². The summed E-state index contributed by atoms with van der Waals surface area (Å²) in [4.78, 5) is 29.8. The van der Waals surface area contributed by atoms with Crippen molar-refractivity contribution in [2.75, 3.05) is 6.54 Å². The van der Waals surface area contributed by atoms with Gasteiger partial charge in [-0.1, -0.05) is 56.3 Å². The number of pyridine rings is 2. The minimum atomic E-state index is -4.61. The van der Waals surface area contributed by atoms with Crippen molar-refractivity contribution in [3.8, 4) is 16.8 Å². The van der Waals surface area contributed by atoms with E-state index in [1.54, 1.807) is 11.4 Å². The van der Waals surface area contributed by atoms with E-state index in [9.17, 15) is 27.9 Å². The predicted molar refractivity (Wildman–Crippen MR) is 145 cm³/mol. The number of benzene rings is 2. The summed E-state index contributed by atoms with van der Waals surface area (Å²) >= 11 is 0. The summed E-state index contributed by atoms with van der Waals surface area (Å²) < 4.78 is 39.5. The maximum absolute atomic E-state index is 12.9. The number of amides is 1. The SMILES string of the molecule is C=C(O)C(CCC)Cc1ccc(-c2cccc(-n3cc(C(=O)NCC(F)(F)F)c(=O)c4cccnc43)c2)cc1. The molecule has 0 saturated carbocycles. The lowest BCUT2D eigenvalue weighted by Crippen LogP contribution is -2.36. The van der Waals surface area contributed by atoms with Gasteiger partial charge in [-0.25, -0.2) is 4.98 Å². The van der Waals surface area contributed by atoms with Crippen LogP contribution in [-0.2, 0) is 6.42 Å². The number of carbonyl (C=O) groups is 1. The Kier molecular flexibility index (Phi) is 8.18. The van der Waals surface area contributed by atoms with Gasteiger partial charge in [-0.05, 0) is 53.8 Å². The van der Waals surface area contributed by atoms with E-state index < -0.39 is 29.6 Å². The van der Waals surface area contributed by atoms with Gasteiger partial charge in [0.25, 0.3) is 5.91 Å². The molecule has 0 aliphatic rings. The van der Waals surface area contributed by atoms with Gasteiger partial charge in [-0.2, -0.15) is 13.2 Å². The Bertz CT molecular complexity index is 1560. The van der Waals surface area contributed by atoms with Crippen LogP contribution in [0.4, 0.5) is 13.2 Å². The molecular formula is C30H28F3N3O3. The molecule has 0 aliphatic carbocycles. The molecule has 39 heavy (non-hydrogen) atoms. The number of aliphatic hydroxyl groups is 1. The fourth-order valence-corrected chi connectivity index (χ4v) is 4.48. The molecule has 0 saturated heterocycles. The molecule has 202 valence electrons. The molecule has 0 aliphatic heterocycles. The zero-order valence-electron chi connectivity index (χ0n) is 21.3. The van der Waals surface area contributed by atoms with Gasteiger partial charge in [0.2, 0.25) is 5.43 Å². The zero-order valence-corrected chi connectivity index (χ0v) is 21.3. The molecule has 9 heteroatoms. The number of aromatic nitrogens is 2. The first-order chi connectivity index (χ1) is 18.6. The Labute approximate surface area is 223 Å². The van der Waals surface area contributed by atoms with Crippen molar-refractivity contribution in [3.05, 3.63) is 107 Å². The number of nitrogens with zero attached hydrogens (tertiary/aromatic N) is 2. The molecule has 2 aromatic heterocycles. The second kappa shape index (κ2) is 11.6. The molecule has 1 unspecified atom stereocenters. The van der Waals surface area contributed by atoms with E-state index in [4.69, 9.17) is 0 Å². The molecule has 2 heterocycles. The Morgan fingerprint density at radius 2 is 1.85 bits per heavy atom. The molecule has 4 rings (SSSR count). The van der Waals surface area contributed by atoms with Crippen LogP contribution in [0.1, 0.15) is 35.7 Å². The Morgan fingerprint density at radius 3 is 2.51 bits per heavy atom. The minimum absolute atomic E-state index is 0.00660. The average Bonchev–Trinajstić information content (AvgIpc) is 2.92. The van der Waals surface area contributed by atoms with Gasteiger partial charge in [0, 0.05) is 24.0 Å². The van der Waals surface area contributed by atoms with Gasteiger partial charge in [-0.3, -0.25) is 9.59 Å². The first-order valence-electron chi connectivity index (χ1n) is 12.5. The number of hydrogen-bond donors (Lipinski definition) is 2. The molecule has 0 bridgehead atoms. The summed E-state index contributed by atoms with van der Waals surface area (Å²) in [5.41, 5.74) is 2.56. The quantitative estimate of drug-likeness (QED) is 0.244. The summed E-state index contributed by atoms with van der Waals surface area (Å²) in [6, 6.07) is 18.3. The highest BCUT2D eigenvalue weighted by molar-refractivity contribution is 5.97. The smallest absolute Gasteiger partial charge is 0.405 e. The van der Waals surface area contributed by atoms with Gasteiger partial charge in [0.1, 0.15) is 17.8 Å². The Hall–Kier alpha value is -4.40. The number of rotatable bonds is 9. The van der Waals surface area contributed by atoms with Gasteiger partial charge < -0.3 is 15.0 Å². The average molecular weight is 536 g/mol. The van der Waals surface area contributed by atoms with E-state index in [0.29, 0.717) is 12.1 Å². The first-order valence-corrected chi connectivity index (χ1v) is 12.5. The van der Waals surface area contributed by atoms with E-state index in [1.807, 2.05) is 42.5 Å². The molecule has 0 fully saturated rings. The zero-order chi connectivity index (χ0) is 28.2. The summed E-state index contributed by atoms with van der Waals surface area (Å²) in [5.74, 6) is -0.939. The van der Waals surface area contributed by atoms with Gasteiger partial charge >= 0.3 is 6.18 Å². The third-order valence-electron chi connectivity index (χ3n) is 6.46.